The molecule has 1 aliphatic carbocycles. The summed E-state index contributed by atoms with van der Waals surface area (Å²) >= 11 is 0. The first-order valence-electron chi connectivity index (χ1n) is 4.48. The van der Waals surface area contributed by atoms with Gasteiger partial charge in [0.2, 0.25) is 0 Å². The van der Waals surface area contributed by atoms with Gasteiger partial charge < -0.3 is 4.90 Å². The lowest BCUT2D eigenvalue weighted by Gasteiger charge is -2.60. The Morgan fingerprint density at radius 3 is 2.45 bits per heavy atom. The Bertz CT molecular complexity index is 215. The van der Waals surface area contributed by atoms with Gasteiger partial charge in [0.15, 0.2) is 0 Å². The van der Waals surface area contributed by atoms with Crippen LogP contribution < -0.4 is 0 Å². The number of fused-ring (bicyclic) bond motifs is 2. The van der Waals surface area contributed by atoms with E-state index < -0.39 is 0 Å². The highest BCUT2D eigenvalue weighted by molar-refractivity contribution is 5.29. The predicted octanol–water partition coefficient (Wildman–Crippen LogP) is 2.25. The molecule has 3 rings (SSSR count). The fourth-order valence-electron chi connectivity index (χ4n) is 2.69. The fraction of sp³-hybridized carbons (Fsp3) is 0.800. The van der Waals surface area contributed by atoms with Crippen molar-refractivity contribution in [3.05, 3.63) is 11.8 Å². The monoisotopic (exact) mass is 151 g/mol. The van der Waals surface area contributed by atoms with Crippen LogP contribution in [0.25, 0.3) is 0 Å². The molecule has 0 N–H and O–H groups in total. The van der Waals surface area contributed by atoms with Gasteiger partial charge in [0.1, 0.15) is 0 Å². The summed E-state index contributed by atoms with van der Waals surface area (Å²) < 4.78 is 0. The first kappa shape index (κ1) is 7.20. The number of rotatable bonds is 0. The fourth-order valence-corrected chi connectivity index (χ4v) is 2.69. The highest BCUT2D eigenvalue weighted by Crippen LogP contribution is 2.52. The molecule has 0 aromatic carbocycles. The second-order valence-electron chi connectivity index (χ2n) is 4.61. The van der Waals surface area contributed by atoms with Crippen LogP contribution in [0.5, 0.6) is 0 Å². The van der Waals surface area contributed by atoms with Crippen molar-refractivity contribution in [2.24, 2.45) is 11.3 Å². The van der Waals surface area contributed by atoms with Gasteiger partial charge in [-0.1, -0.05) is 26.8 Å². The largest absolute Gasteiger partial charge is 0.374 e. The minimum absolute atomic E-state index is 0.473. The maximum absolute atomic E-state index is 2.43. The van der Waals surface area contributed by atoms with E-state index in [9.17, 15) is 0 Å². The summed E-state index contributed by atoms with van der Waals surface area (Å²) in [6.45, 7) is 7.03. The number of allylic oxidation sites excluding steroid dienone is 1. The SMILES string of the molecule is CC1C=C2N(C)C(C1)C2(C)C. The van der Waals surface area contributed by atoms with Crippen LogP contribution in [0.3, 0.4) is 0 Å². The van der Waals surface area contributed by atoms with Gasteiger partial charge in [-0.15, -0.1) is 0 Å². The average Bonchev–Trinajstić information content (AvgIpc) is 1.93. The van der Waals surface area contributed by atoms with E-state index in [1.807, 2.05) is 0 Å². The lowest BCUT2D eigenvalue weighted by atomic mass is 9.64. The predicted molar refractivity (Wildman–Crippen MR) is 47.2 cm³/mol. The molecule has 2 bridgehead atoms. The van der Waals surface area contributed by atoms with E-state index in [4.69, 9.17) is 0 Å². The zero-order valence-corrected chi connectivity index (χ0v) is 7.89. The van der Waals surface area contributed by atoms with Crippen molar-refractivity contribution >= 4 is 0 Å². The molecule has 0 aromatic heterocycles. The lowest BCUT2D eigenvalue weighted by molar-refractivity contribution is 0.00896. The number of hydrogen-bond acceptors (Lipinski definition) is 1. The molecular weight excluding hydrogens is 134 g/mol. The Balaban J connectivity index is 2.34. The highest BCUT2D eigenvalue weighted by atomic mass is 15.2. The molecule has 1 saturated heterocycles. The molecule has 3 aliphatic rings. The van der Waals surface area contributed by atoms with Gasteiger partial charge >= 0.3 is 0 Å². The Morgan fingerprint density at radius 1 is 1.55 bits per heavy atom. The van der Waals surface area contributed by atoms with Crippen molar-refractivity contribution in [2.75, 3.05) is 7.05 Å². The molecule has 0 aromatic rings. The van der Waals surface area contributed by atoms with Gasteiger partial charge in [-0.2, -0.15) is 0 Å². The second kappa shape index (κ2) is 1.82. The van der Waals surface area contributed by atoms with Crippen LogP contribution in [0.4, 0.5) is 0 Å². The standard InChI is InChI=1S/C10H17N/c1-7-5-8-10(2,3)9(6-7)11(8)4/h5,7,9H,6H2,1-4H3. The van der Waals surface area contributed by atoms with Gasteiger partial charge in [0.25, 0.3) is 0 Å². The highest BCUT2D eigenvalue weighted by Gasteiger charge is 2.50. The molecule has 1 heteroatoms. The molecule has 1 fully saturated rings. The van der Waals surface area contributed by atoms with E-state index in [1.165, 1.54) is 6.42 Å². The second-order valence-corrected chi connectivity index (χ2v) is 4.61. The van der Waals surface area contributed by atoms with E-state index >= 15 is 0 Å². The Hall–Kier alpha value is -0.460. The van der Waals surface area contributed by atoms with Crippen molar-refractivity contribution in [1.29, 1.82) is 0 Å². The van der Waals surface area contributed by atoms with Gasteiger partial charge in [0.05, 0.1) is 0 Å². The normalized spacial score (nSPS) is 39.6. The third-order valence-electron chi connectivity index (χ3n) is 3.38. The van der Waals surface area contributed by atoms with Crippen LogP contribution >= 0.6 is 0 Å². The summed E-state index contributed by atoms with van der Waals surface area (Å²) in [5.74, 6) is 0.805. The quantitative estimate of drug-likeness (QED) is 0.513. The van der Waals surface area contributed by atoms with Crippen LogP contribution in [0.1, 0.15) is 27.2 Å². The Morgan fingerprint density at radius 2 is 2.18 bits per heavy atom. The molecule has 2 aliphatic heterocycles. The summed E-state index contributed by atoms with van der Waals surface area (Å²) in [5.41, 5.74) is 2.03. The number of hydrogen-bond donors (Lipinski definition) is 0. The van der Waals surface area contributed by atoms with Crippen LogP contribution in [-0.4, -0.2) is 18.0 Å². The van der Waals surface area contributed by atoms with Gasteiger partial charge in [-0.25, -0.2) is 0 Å². The van der Waals surface area contributed by atoms with E-state index in [2.05, 4.69) is 38.8 Å². The third kappa shape index (κ3) is 0.715. The lowest BCUT2D eigenvalue weighted by Crippen LogP contribution is -2.60. The summed E-state index contributed by atoms with van der Waals surface area (Å²) in [6, 6.07) is 0.803. The molecule has 0 saturated carbocycles. The molecule has 2 heterocycles. The minimum Gasteiger partial charge on any atom is -0.374 e. The molecule has 0 amide bonds. The molecule has 1 nitrogen and oxygen atoms in total. The van der Waals surface area contributed by atoms with E-state index in [0.717, 1.165) is 12.0 Å². The molecule has 0 radical (unpaired) electrons. The maximum atomic E-state index is 2.43. The molecule has 11 heavy (non-hydrogen) atoms. The summed E-state index contributed by atoms with van der Waals surface area (Å²) in [6.07, 6.45) is 3.77. The molecule has 62 valence electrons. The van der Waals surface area contributed by atoms with Gasteiger partial charge in [-0.05, 0) is 12.3 Å². The summed E-state index contributed by atoms with van der Waals surface area (Å²) in [7, 11) is 2.22. The number of nitrogens with zero attached hydrogens (tertiary/aromatic N) is 1. The van der Waals surface area contributed by atoms with Crippen LogP contribution in [0, 0.1) is 11.3 Å². The Labute approximate surface area is 69.1 Å². The average molecular weight is 151 g/mol. The Kier molecular flexibility index (Phi) is 1.19. The third-order valence-corrected chi connectivity index (χ3v) is 3.38. The smallest absolute Gasteiger partial charge is 0.0394 e. The zero-order chi connectivity index (χ0) is 8.22. The van der Waals surface area contributed by atoms with Gasteiger partial charge in [0, 0.05) is 24.2 Å². The molecular formula is C10H17N. The van der Waals surface area contributed by atoms with Crippen LogP contribution in [0.2, 0.25) is 0 Å². The molecule has 2 atom stereocenters. The first-order valence-corrected chi connectivity index (χ1v) is 4.48. The van der Waals surface area contributed by atoms with Crippen molar-refractivity contribution in [3.8, 4) is 0 Å². The van der Waals surface area contributed by atoms with Crippen molar-refractivity contribution in [2.45, 2.75) is 33.2 Å². The topological polar surface area (TPSA) is 3.24 Å². The van der Waals surface area contributed by atoms with Crippen molar-refractivity contribution < 1.29 is 0 Å². The van der Waals surface area contributed by atoms with Crippen molar-refractivity contribution in [3.63, 3.8) is 0 Å². The van der Waals surface area contributed by atoms with Gasteiger partial charge in [-0.3, -0.25) is 0 Å². The molecule has 2 unspecified atom stereocenters. The summed E-state index contributed by atoms with van der Waals surface area (Å²) in [4.78, 5) is 2.43. The van der Waals surface area contributed by atoms with Crippen molar-refractivity contribution in [1.82, 2.24) is 4.90 Å². The van der Waals surface area contributed by atoms with Crippen LogP contribution in [0.15, 0.2) is 11.8 Å². The maximum Gasteiger partial charge on any atom is 0.0394 e. The molecule has 0 spiro atoms. The van der Waals surface area contributed by atoms with E-state index in [1.54, 1.807) is 5.70 Å². The van der Waals surface area contributed by atoms with E-state index in [0.29, 0.717) is 5.41 Å². The van der Waals surface area contributed by atoms with Crippen LogP contribution in [-0.2, 0) is 0 Å². The first-order chi connectivity index (χ1) is 5.03. The van der Waals surface area contributed by atoms with E-state index in [-0.39, 0.29) is 0 Å². The zero-order valence-electron chi connectivity index (χ0n) is 7.89. The summed E-state index contributed by atoms with van der Waals surface area (Å²) in [5, 5.41) is 0. The minimum atomic E-state index is 0.473.